The molecule has 0 saturated heterocycles. The lowest BCUT2D eigenvalue weighted by molar-refractivity contribution is 0.0601. The molecule has 0 aliphatic rings. The van der Waals surface area contributed by atoms with Crippen molar-refractivity contribution < 1.29 is 18.3 Å². The molecule has 0 N–H and O–H groups in total. The van der Waals surface area contributed by atoms with Crippen molar-refractivity contribution in [2.24, 2.45) is 0 Å². The second kappa shape index (κ2) is 9.37. The number of nitrogens with zero attached hydrogens (tertiary/aromatic N) is 1. The number of rotatable bonds is 7. The van der Waals surface area contributed by atoms with Crippen LogP contribution in [0.3, 0.4) is 0 Å². The second-order valence-corrected chi connectivity index (χ2v) is 7.29. The Morgan fingerprint density at radius 2 is 1.88 bits per heavy atom. The Hall–Kier alpha value is -1.60. The van der Waals surface area contributed by atoms with Crippen LogP contribution >= 0.6 is 23.2 Å². The van der Waals surface area contributed by atoms with E-state index >= 15 is 0 Å². The quantitative estimate of drug-likeness (QED) is 0.497. The topological polar surface area (TPSA) is 69.7 Å². The first-order valence-electron chi connectivity index (χ1n) is 7.85. The number of esters is 1. The number of halogens is 2. The van der Waals surface area contributed by atoms with E-state index in [1.807, 2.05) is 19.1 Å². The molecule has 2 unspecified atom stereocenters. The molecule has 0 aliphatic carbocycles. The van der Waals surface area contributed by atoms with Crippen LogP contribution in [0.15, 0.2) is 42.5 Å². The molecule has 5 nitrogen and oxygen atoms in total. The number of carbonyl (C=O) groups excluding carboxylic acids is 1. The van der Waals surface area contributed by atoms with Crippen molar-refractivity contribution in [1.29, 1.82) is 0 Å². The highest BCUT2D eigenvalue weighted by molar-refractivity contribution is 7.80. The SMILES string of the molecule is COC(=O)c1ccc(N(C(C)CCc2cccc(Cl)c2Cl)S(=O)[O-])cc1. The van der Waals surface area contributed by atoms with Crippen LogP contribution < -0.4 is 4.31 Å². The Bertz CT molecular complexity index is 798. The molecule has 0 heterocycles. The predicted octanol–water partition coefficient (Wildman–Crippen LogP) is 4.40. The Morgan fingerprint density at radius 1 is 1.23 bits per heavy atom. The lowest BCUT2D eigenvalue weighted by Gasteiger charge is -2.32. The molecule has 2 aromatic carbocycles. The van der Waals surface area contributed by atoms with Crippen LogP contribution in [0, 0.1) is 0 Å². The van der Waals surface area contributed by atoms with E-state index < -0.39 is 17.2 Å². The summed E-state index contributed by atoms with van der Waals surface area (Å²) in [6.45, 7) is 1.81. The number of ether oxygens (including phenoxy) is 1. The fourth-order valence-corrected chi connectivity index (χ4v) is 3.68. The summed E-state index contributed by atoms with van der Waals surface area (Å²) in [6, 6.07) is 11.3. The number of carbonyl (C=O) groups is 1. The van der Waals surface area contributed by atoms with Gasteiger partial charge in [0, 0.05) is 23.0 Å². The second-order valence-electron chi connectivity index (χ2n) is 5.68. The molecule has 0 spiro atoms. The first-order chi connectivity index (χ1) is 12.3. The minimum absolute atomic E-state index is 0.313. The van der Waals surface area contributed by atoms with E-state index in [0.29, 0.717) is 34.1 Å². The maximum absolute atomic E-state index is 11.7. The molecule has 2 atom stereocenters. The third kappa shape index (κ3) is 4.98. The number of aryl methyl sites for hydroxylation is 1. The molecular formula is C18H18Cl2NO4S-. The zero-order chi connectivity index (χ0) is 19.3. The average molecular weight is 415 g/mol. The van der Waals surface area contributed by atoms with Gasteiger partial charge in [0.05, 0.1) is 22.7 Å². The summed E-state index contributed by atoms with van der Waals surface area (Å²) in [6.07, 6.45) is 1.13. The van der Waals surface area contributed by atoms with Crippen molar-refractivity contribution in [2.45, 2.75) is 25.8 Å². The van der Waals surface area contributed by atoms with E-state index in [1.165, 1.54) is 23.5 Å². The summed E-state index contributed by atoms with van der Waals surface area (Å²) < 4.78 is 29.4. The standard InChI is InChI=1S/C18H19Cl2NO4S/c1-12(6-7-13-4-3-5-16(19)17(13)20)21(26(23)24)15-10-8-14(9-11-15)18(22)25-2/h3-5,8-12H,6-7H2,1-2H3,(H,23,24)/p-1. The highest BCUT2D eigenvalue weighted by Gasteiger charge is 2.17. The van der Waals surface area contributed by atoms with Gasteiger partial charge in [-0.3, -0.25) is 8.51 Å². The zero-order valence-electron chi connectivity index (χ0n) is 14.3. The van der Waals surface area contributed by atoms with Gasteiger partial charge in [0.1, 0.15) is 0 Å². The van der Waals surface area contributed by atoms with Crippen LogP contribution in [0.1, 0.15) is 29.3 Å². The van der Waals surface area contributed by atoms with Gasteiger partial charge in [-0.2, -0.15) is 0 Å². The van der Waals surface area contributed by atoms with E-state index in [2.05, 4.69) is 4.74 Å². The molecule has 2 rings (SSSR count). The van der Waals surface area contributed by atoms with Gasteiger partial charge in [0.15, 0.2) is 0 Å². The van der Waals surface area contributed by atoms with Crippen molar-refractivity contribution in [3.05, 3.63) is 63.6 Å². The van der Waals surface area contributed by atoms with Crippen LogP contribution in [-0.4, -0.2) is 27.9 Å². The molecule has 2 aromatic rings. The van der Waals surface area contributed by atoms with Gasteiger partial charge in [-0.15, -0.1) is 0 Å². The van der Waals surface area contributed by atoms with Crippen LogP contribution in [0.4, 0.5) is 5.69 Å². The molecule has 0 radical (unpaired) electrons. The highest BCUT2D eigenvalue weighted by Crippen LogP contribution is 2.28. The summed E-state index contributed by atoms with van der Waals surface area (Å²) in [5.74, 6) is -0.477. The van der Waals surface area contributed by atoms with Gasteiger partial charge < -0.3 is 9.29 Å². The summed E-state index contributed by atoms with van der Waals surface area (Å²) in [5, 5.41) is 0.957. The Kier molecular flexibility index (Phi) is 7.46. The van der Waals surface area contributed by atoms with Crippen LogP contribution in [0.5, 0.6) is 0 Å². The number of benzene rings is 2. The molecule has 8 heteroatoms. The van der Waals surface area contributed by atoms with Gasteiger partial charge in [0.25, 0.3) is 0 Å². The van der Waals surface area contributed by atoms with Crippen LogP contribution in [0.2, 0.25) is 10.0 Å². The summed E-state index contributed by atoms with van der Waals surface area (Å²) >= 11 is 9.73. The predicted molar refractivity (Wildman–Crippen MR) is 103 cm³/mol. The molecule has 0 fully saturated rings. The summed E-state index contributed by atoms with van der Waals surface area (Å²) in [7, 11) is 1.29. The molecule has 0 amide bonds. The fraction of sp³-hybridized carbons (Fsp3) is 0.278. The zero-order valence-corrected chi connectivity index (χ0v) is 16.6. The molecular weight excluding hydrogens is 397 g/mol. The maximum Gasteiger partial charge on any atom is 0.337 e. The molecule has 0 saturated carbocycles. The molecule has 0 aliphatic heterocycles. The first-order valence-corrected chi connectivity index (χ1v) is 9.63. The minimum Gasteiger partial charge on any atom is -0.755 e. The smallest absolute Gasteiger partial charge is 0.337 e. The van der Waals surface area contributed by atoms with Gasteiger partial charge in [0.2, 0.25) is 0 Å². The summed E-state index contributed by atoms with van der Waals surface area (Å²) in [4.78, 5) is 11.5. The average Bonchev–Trinajstić information content (AvgIpc) is 2.62. The van der Waals surface area contributed by atoms with E-state index in [4.69, 9.17) is 23.2 Å². The van der Waals surface area contributed by atoms with Gasteiger partial charge in [-0.05, 0) is 55.7 Å². The van der Waals surface area contributed by atoms with E-state index in [0.717, 1.165) is 5.56 Å². The molecule has 26 heavy (non-hydrogen) atoms. The fourth-order valence-electron chi connectivity index (χ4n) is 2.57. The largest absolute Gasteiger partial charge is 0.755 e. The first kappa shape index (κ1) is 20.7. The Labute approximate surface area is 165 Å². The Balaban J connectivity index is 2.14. The van der Waals surface area contributed by atoms with Crippen molar-refractivity contribution in [1.82, 2.24) is 0 Å². The van der Waals surface area contributed by atoms with Gasteiger partial charge in [-0.1, -0.05) is 35.3 Å². The summed E-state index contributed by atoms with van der Waals surface area (Å²) in [5.41, 5.74) is 1.69. The van der Waals surface area contributed by atoms with Crippen molar-refractivity contribution >= 4 is 46.1 Å². The maximum atomic E-state index is 11.7. The third-order valence-electron chi connectivity index (χ3n) is 3.97. The third-order valence-corrected chi connectivity index (χ3v) is 5.72. The number of hydrogen-bond donors (Lipinski definition) is 0. The van der Waals surface area contributed by atoms with Crippen molar-refractivity contribution in [3.63, 3.8) is 0 Å². The molecule has 140 valence electrons. The minimum atomic E-state index is -2.46. The normalized spacial score (nSPS) is 13.1. The van der Waals surface area contributed by atoms with Gasteiger partial charge in [-0.25, -0.2) is 4.79 Å². The van der Waals surface area contributed by atoms with Crippen molar-refractivity contribution in [2.75, 3.05) is 11.4 Å². The van der Waals surface area contributed by atoms with Gasteiger partial charge >= 0.3 is 5.97 Å². The number of hydrogen-bond acceptors (Lipinski definition) is 4. The number of anilines is 1. The number of methoxy groups -OCH3 is 1. The van der Waals surface area contributed by atoms with E-state index in [9.17, 15) is 13.6 Å². The lowest BCUT2D eigenvalue weighted by atomic mass is 10.1. The van der Waals surface area contributed by atoms with E-state index in [1.54, 1.807) is 18.2 Å². The Morgan fingerprint density at radius 3 is 2.46 bits per heavy atom. The monoisotopic (exact) mass is 414 g/mol. The van der Waals surface area contributed by atoms with Crippen LogP contribution in [0.25, 0.3) is 0 Å². The molecule has 0 aromatic heterocycles. The highest BCUT2D eigenvalue weighted by atomic mass is 35.5. The lowest BCUT2D eigenvalue weighted by Crippen LogP contribution is -2.35. The van der Waals surface area contributed by atoms with Crippen LogP contribution in [-0.2, 0) is 22.4 Å². The van der Waals surface area contributed by atoms with Crippen molar-refractivity contribution in [3.8, 4) is 0 Å². The van der Waals surface area contributed by atoms with E-state index in [-0.39, 0.29) is 6.04 Å². The molecule has 0 bridgehead atoms.